The van der Waals surface area contributed by atoms with Crippen LogP contribution in [-0.4, -0.2) is 61.1 Å². The SMILES string of the molecule is CCOC(=O)C(C)N1CCN(CCC(C)(C)C)CC1. The van der Waals surface area contributed by atoms with E-state index >= 15 is 0 Å². The zero-order valence-corrected chi connectivity index (χ0v) is 13.2. The van der Waals surface area contributed by atoms with Gasteiger partial charge in [0.15, 0.2) is 0 Å². The molecular formula is C15H30N2O2. The Morgan fingerprint density at radius 2 is 1.79 bits per heavy atom. The van der Waals surface area contributed by atoms with Gasteiger partial charge in [0.05, 0.1) is 6.61 Å². The summed E-state index contributed by atoms with van der Waals surface area (Å²) in [6, 6.07) is -0.107. The van der Waals surface area contributed by atoms with E-state index in [4.69, 9.17) is 4.74 Å². The molecule has 1 heterocycles. The lowest BCUT2D eigenvalue weighted by Gasteiger charge is -2.37. The number of piperazine rings is 1. The molecule has 4 nitrogen and oxygen atoms in total. The zero-order chi connectivity index (χ0) is 14.5. The number of esters is 1. The van der Waals surface area contributed by atoms with Crippen molar-refractivity contribution < 1.29 is 9.53 Å². The second kappa shape index (κ2) is 7.25. The van der Waals surface area contributed by atoms with Crippen LogP contribution in [0.5, 0.6) is 0 Å². The van der Waals surface area contributed by atoms with Crippen molar-refractivity contribution in [3.8, 4) is 0 Å². The second-order valence-corrected chi connectivity index (χ2v) is 6.62. The van der Waals surface area contributed by atoms with E-state index < -0.39 is 0 Å². The first kappa shape index (κ1) is 16.4. The standard InChI is InChI=1S/C15H30N2O2/c1-6-19-14(18)13(2)17-11-9-16(10-12-17)8-7-15(3,4)5/h13H,6-12H2,1-5H3. The summed E-state index contributed by atoms with van der Waals surface area (Å²) >= 11 is 0. The van der Waals surface area contributed by atoms with Crippen LogP contribution in [0.1, 0.15) is 41.0 Å². The summed E-state index contributed by atoms with van der Waals surface area (Å²) in [6.07, 6.45) is 1.22. The van der Waals surface area contributed by atoms with Crippen LogP contribution in [-0.2, 0) is 9.53 Å². The monoisotopic (exact) mass is 270 g/mol. The van der Waals surface area contributed by atoms with Crippen molar-refractivity contribution >= 4 is 5.97 Å². The van der Waals surface area contributed by atoms with Gasteiger partial charge in [0, 0.05) is 26.2 Å². The van der Waals surface area contributed by atoms with E-state index in [1.165, 1.54) is 6.42 Å². The minimum absolute atomic E-state index is 0.0920. The van der Waals surface area contributed by atoms with Gasteiger partial charge in [-0.25, -0.2) is 0 Å². The first-order valence-electron chi connectivity index (χ1n) is 7.46. The Labute approximate surface area is 118 Å². The Bertz CT molecular complexity index is 278. The number of carbonyl (C=O) groups is 1. The second-order valence-electron chi connectivity index (χ2n) is 6.62. The van der Waals surface area contributed by atoms with Crippen LogP contribution in [0.2, 0.25) is 0 Å². The molecule has 19 heavy (non-hydrogen) atoms. The van der Waals surface area contributed by atoms with Gasteiger partial charge in [-0.05, 0) is 32.2 Å². The third-order valence-corrected chi connectivity index (χ3v) is 3.76. The third-order valence-electron chi connectivity index (χ3n) is 3.76. The van der Waals surface area contributed by atoms with Gasteiger partial charge in [-0.15, -0.1) is 0 Å². The van der Waals surface area contributed by atoms with Gasteiger partial charge in [-0.2, -0.15) is 0 Å². The number of hydrogen-bond acceptors (Lipinski definition) is 4. The van der Waals surface area contributed by atoms with E-state index in [0.717, 1.165) is 32.7 Å². The number of ether oxygens (including phenoxy) is 1. The summed E-state index contributed by atoms with van der Waals surface area (Å²) in [5, 5.41) is 0. The molecule has 1 aliphatic rings. The van der Waals surface area contributed by atoms with Crippen molar-refractivity contribution in [1.29, 1.82) is 0 Å². The first-order valence-corrected chi connectivity index (χ1v) is 7.46. The molecule has 112 valence electrons. The normalized spacial score (nSPS) is 20.3. The van der Waals surface area contributed by atoms with Crippen LogP contribution in [0.3, 0.4) is 0 Å². The fourth-order valence-electron chi connectivity index (χ4n) is 2.28. The topological polar surface area (TPSA) is 32.8 Å². The van der Waals surface area contributed by atoms with Crippen molar-refractivity contribution in [2.75, 3.05) is 39.3 Å². The van der Waals surface area contributed by atoms with Crippen molar-refractivity contribution in [3.63, 3.8) is 0 Å². The lowest BCUT2D eigenvalue weighted by atomic mass is 9.92. The predicted molar refractivity (Wildman–Crippen MR) is 78.2 cm³/mol. The third kappa shape index (κ3) is 5.91. The maximum atomic E-state index is 11.7. The minimum Gasteiger partial charge on any atom is -0.465 e. The van der Waals surface area contributed by atoms with Gasteiger partial charge < -0.3 is 9.64 Å². The van der Waals surface area contributed by atoms with Gasteiger partial charge in [0.25, 0.3) is 0 Å². The van der Waals surface area contributed by atoms with Gasteiger partial charge in [-0.1, -0.05) is 20.8 Å². The molecule has 0 N–H and O–H groups in total. The molecule has 0 amide bonds. The molecule has 0 aromatic rings. The molecule has 1 fully saturated rings. The summed E-state index contributed by atoms with van der Waals surface area (Å²) in [5.74, 6) is -0.0920. The Hall–Kier alpha value is -0.610. The van der Waals surface area contributed by atoms with E-state index in [1.807, 2.05) is 13.8 Å². The zero-order valence-electron chi connectivity index (χ0n) is 13.2. The summed E-state index contributed by atoms with van der Waals surface area (Å²) in [6.45, 7) is 16.3. The molecule has 0 aromatic carbocycles. The molecule has 0 aromatic heterocycles. The van der Waals surface area contributed by atoms with Crippen molar-refractivity contribution in [2.24, 2.45) is 5.41 Å². The van der Waals surface area contributed by atoms with Gasteiger partial charge in [-0.3, -0.25) is 9.69 Å². The van der Waals surface area contributed by atoms with Crippen molar-refractivity contribution in [3.05, 3.63) is 0 Å². The molecule has 0 saturated carbocycles. The number of rotatable bonds is 5. The molecule has 4 heteroatoms. The summed E-state index contributed by atoms with van der Waals surface area (Å²) in [5.41, 5.74) is 0.398. The molecule has 1 rings (SSSR count). The largest absolute Gasteiger partial charge is 0.465 e. The highest BCUT2D eigenvalue weighted by Gasteiger charge is 2.26. The molecule has 0 radical (unpaired) electrons. The Morgan fingerprint density at radius 1 is 1.21 bits per heavy atom. The average molecular weight is 270 g/mol. The summed E-state index contributed by atoms with van der Waals surface area (Å²) in [7, 11) is 0. The Morgan fingerprint density at radius 3 is 2.26 bits per heavy atom. The predicted octanol–water partition coefficient (Wildman–Crippen LogP) is 1.99. The fraction of sp³-hybridized carbons (Fsp3) is 0.933. The highest BCUT2D eigenvalue weighted by molar-refractivity contribution is 5.75. The average Bonchev–Trinajstić information content (AvgIpc) is 2.35. The number of carbonyl (C=O) groups excluding carboxylic acids is 1. The van der Waals surface area contributed by atoms with Crippen LogP contribution in [0.4, 0.5) is 0 Å². The Kier molecular flexibility index (Phi) is 6.27. The molecule has 1 atom stereocenters. The van der Waals surface area contributed by atoms with Crippen molar-refractivity contribution in [2.45, 2.75) is 47.1 Å². The quantitative estimate of drug-likeness (QED) is 0.715. The number of nitrogens with zero attached hydrogens (tertiary/aromatic N) is 2. The lowest BCUT2D eigenvalue weighted by Crippen LogP contribution is -2.52. The summed E-state index contributed by atoms with van der Waals surface area (Å²) < 4.78 is 5.08. The van der Waals surface area contributed by atoms with E-state index in [9.17, 15) is 4.79 Å². The van der Waals surface area contributed by atoms with Crippen LogP contribution in [0, 0.1) is 5.41 Å². The highest BCUT2D eigenvalue weighted by atomic mass is 16.5. The van der Waals surface area contributed by atoms with Crippen molar-refractivity contribution in [1.82, 2.24) is 9.80 Å². The number of hydrogen-bond donors (Lipinski definition) is 0. The molecule has 0 spiro atoms. The van der Waals surface area contributed by atoms with Crippen LogP contribution in [0.15, 0.2) is 0 Å². The van der Waals surface area contributed by atoms with Gasteiger partial charge in [0.2, 0.25) is 0 Å². The first-order chi connectivity index (χ1) is 8.83. The molecule has 1 aliphatic heterocycles. The maximum absolute atomic E-state index is 11.7. The smallest absolute Gasteiger partial charge is 0.323 e. The molecular weight excluding hydrogens is 240 g/mol. The van der Waals surface area contributed by atoms with E-state index in [-0.39, 0.29) is 12.0 Å². The summed E-state index contributed by atoms with van der Waals surface area (Å²) in [4.78, 5) is 16.4. The van der Waals surface area contributed by atoms with E-state index in [1.54, 1.807) is 0 Å². The molecule has 0 aliphatic carbocycles. The van der Waals surface area contributed by atoms with Gasteiger partial charge in [0.1, 0.15) is 6.04 Å². The van der Waals surface area contributed by atoms with Gasteiger partial charge >= 0.3 is 5.97 Å². The molecule has 0 bridgehead atoms. The maximum Gasteiger partial charge on any atom is 0.323 e. The lowest BCUT2D eigenvalue weighted by molar-refractivity contribution is -0.149. The molecule has 1 unspecified atom stereocenters. The Balaban J connectivity index is 2.30. The van der Waals surface area contributed by atoms with Crippen LogP contribution in [0.25, 0.3) is 0 Å². The fourth-order valence-corrected chi connectivity index (χ4v) is 2.28. The molecule has 1 saturated heterocycles. The van der Waals surface area contributed by atoms with E-state index in [2.05, 4.69) is 30.6 Å². The van der Waals surface area contributed by atoms with E-state index in [0.29, 0.717) is 12.0 Å². The van der Waals surface area contributed by atoms with Crippen LogP contribution < -0.4 is 0 Å². The highest BCUT2D eigenvalue weighted by Crippen LogP contribution is 2.19. The van der Waals surface area contributed by atoms with Crippen LogP contribution >= 0.6 is 0 Å². The minimum atomic E-state index is -0.107.